The molecule has 0 aromatic rings. The van der Waals surface area contributed by atoms with Gasteiger partial charge in [-0.25, -0.2) is 0 Å². The molecule has 1 saturated heterocycles. The van der Waals surface area contributed by atoms with Crippen LogP contribution in [0.25, 0.3) is 0 Å². The zero-order chi connectivity index (χ0) is 17.6. The summed E-state index contributed by atoms with van der Waals surface area (Å²) >= 11 is 0. The molecule has 136 valence electrons. The number of carbonyl (C=O) groups is 2. The maximum atomic E-state index is 13.3. The molecule has 3 heteroatoms. The SMILES string of the molecule is C[C@H]1[C@H]2CC[C@H]3[C@@H]4CCC5=CC(=O)CC[C@]5(C)[C@H]4CC[C@]23C(=O)N1C. The normalized spacial score (nSPS) is 51.6. The van der Waals surface area contributed by atoms with E-state index < -0.39 is 0 Å². The highest BCUT2D eigenvalue weighted by atomic mass is 16.2. The molecule has 0 aromatic heterocycles. The van der Waals surface area contributed by atoms with E-state index in [2.05, 4.69) is 18.7 Å². The highest BCUT2D eigenvalue weighted by molar-refractivity contribution is 5.91. The molecule has 0 aromatic carbocycles. The lowest BCUT2D eigenvalue weighted by molar-refractivity contribution is -0.146. The summed E-state index contributed by atoms with van der Waals surface area (Å²) in [6.45, 7) is 4.69. The van der Waals surface area contributed by atoms with Crippen LogP contribution in [-0.2, 0) is 9.59 Å². The lowest BCUT2D eigenvalue weighted by Gasteiger charge is -2.57. The van der Waals surface area contributed by atoms with Crippen molar-refractivity contribution in [1.29, 1.82) is 0 Å². The van der Waals surface area contributed by atoms with Crippen molar-refractivity contribution in [3.63, 3.8) is 0 Å². The van der Waals surface area contributed by atoms with Crippen LogP contribution in [0.2, 0.25) is 0 Å². The van der Waals surface area contributed by atoms with Gasteiger partial charge in [0.05, 0.1) is 5.41 Å². The maximum absolute atomic E-state index is 13.3. The maximum Gasteiger partial charge on any atom is 0.229 e. The van der Waals surface area contributed by atoms with E-state index in [1.807, 2.05) is 13.1 Å². The van der Waals surface area contributed by atoms with E-state index >= 15 is 0 Å². The number of rotatable bonds is 0. The van der Waals surface area contributed by atoms with Gasteiger partial charge in [-0.15, -0.1) is 0 Å². The molecule has 1 amide bonds. The molecule has 1 heterocycles. The third kappa shape index (κ3) is 1.78. The van der Waals surface area contributed by atoms with Gasteiger partial charge in [-0.3, -0.25) is 9.59 Å². The first kappa shape index (κ1) is 16.1. The van der Waals surface area contributed by atoms with Crippen LogP contribution in [0.1, 0.15) is 65.2 Å². The van der Waals surface area contributed by atoms with Gasteiger partial charge in [-0.2, -0.15) is 0 Å². The monoisotopic (exact) mass is 341 g/mol. The molecule has 1 aliphatic heterocycles. The molecule has 1 spiro atoms. The second-order valence-corrected chi connectivity index (χ2v) is 9.89. The average molecular weight is 341 g/mol. The highest BCUT2D eigenvalue weighted by Crippen LogP contribution is 2.69. The van der Waals surface area contributed by atoms with Crippen LogP contribution < -0.4 is 0 Å². The minimum absolute atomic E-state index is 0.0442. The Labute approximate surface area is 151 Å². The van der Waals surface area contributed by atoms with Gasteiger partial charge in [0.1, 0.15) is 0 Å². The third-order valence-electron chi connectivity index (χ3n) is 9.45. The Balaban J connectivity index is 1.53. The molecule has 3 saturated carbocycles. The van der Waals surface area contributed by atoms with E-state index in [4.69, 9.17) is 0 Å². The molecule has 0 N–H and O–H groups in total. The Bertz CT molecular complexity index is 682. The second kappa shape index (κ2) is 4.98. The van der Waals surface area contributed by atoms with E-state index in [0.717, 1.165) is 25.7 Å². The molecule has 0 unspecified atom stereocenters. The summed E-state index contributed by atoms with van der Waals surface area (Å²) in [5, 5.41) is 0. The number of hydrogen-bond donors (Lipinski definition) is 0. The summed E-state index contributed by atoms with van der Waals surface area (Å²) in [4.78, 5) is 27.3. The van der Waals surface area contributed by atoms with Gasteiger partial charge in [0.15, 0.2) is 5.78 Å². The van der Waals surface area contributed by atoms with Crippen molar-refractivity contribution >= 4 is 11.7 Å². The molecule has 0 radical (unpaired) electrons. The van der Waals surface area contributed by atoms with Crippen LogP contribution in [0.3, 0.4) is 0 Å². The van der Waals surface area contributed by atoms with Crippen LogP contribution >= 0.6 is 0 Å². The molecular formula is C22H31NO2. The topological polar surface area (TPSA) is 37.4 Å². The highest BCUT2D eigenvalue weighted by Gasteiger charge is 2.68. The number of amides is 1. The molecule has 5 rings (SSSR count). The van der Waals surface area contributed by atoms with Gasteiger partial charge in [0, 0.05) is 19.5 Å². The van der Waals surface area contributed by atoms with Gasteiger partial charge in [-0.05, 0) is 87.0 Å². The third-order valence-corrected chi connectivity index (χ3v) is 9.45. The van der Waals surface area contributed by atoms with Gasteiger partial charge < -0.3 is 4.90 Å². The smallest absolute Gasteiger partial charge is 0.229 e. The second-order valence-electron chi connectivity index (χ2n) is 9.89. The first-order valence-corrected chi connectivity index (χ1v) is 10.4. The summed E-state index contributed by atoms with van der Waals surface area (Å²) in [5.41, 5.74) is 1.60. The quantitative estimate of drug-likeness (QED) is 0.668. The lowest BCUT2D eigenvalue weighted by atomic mass is 9.46. The van der Waals surface area contributed by atoms with Crippen molar-refractivity contribution < 1.29 is 9.59 Å². The van der Waals surface area contributed by atoms with Crippen LogP contribution in [0.15, 0.2) is 11.6 Å². The Morgan fingerprint density at radius 3 is 2.56 bits per heavy atom. The number of carbonyl (C=O) groups excluding carboxylic acids is 2. The standard InChI is InChI=1S/C22H31NO2/c1-13-17-6-7-19-16-5-4-14-12-15(24)8-10-21(14,2)18(16)9-11-22(17,19)20(25)23(13)3/h12-13,16-19H,4-11H2,1-3H3/t13-,16+,17+,18-,19-,21-,22-/m0/s1. The summed E-state index contributed by atoms with van der Waals surface area (Å²) in [5.74, 6) is 3.33. The molecule has 4 aliphatic carbocycles. The zero-order valence-corrected chi connectivity index (χ0v) is 15.9. The summed E-state index contributed by atoms with van der Waals surface area (Å²) in [7, 11) is 2.03. The predicted octanol–water partition coefficient (Wildman–Crippen LogP) is 3.98. The number of nitrogens with zero attached hydrogens (tertiary/aromatic N) is 1. The van der Waals surface area contributed by atoms with E-state index in [1.54, 1.807) is 0 Å². The minimum Gasteiger partial charge on any atom is -0.342 e. The minimum atomic E-state index is -0.0442. The Morgan fingerprint density at radius 2 is 1.76 bits per heavy atom. The largest absolute Gasteiger partial charge is 0.342 e. The number of hydrogen-bond acceptors (Lipinski definition) is 2. The lowest BCUT2D eigenvalue weighted by Crippen LogP contribution is -2.53. The number of likely N-dealkylation sites (tertiary alicyclic amines) is 1. The summed E-state index contributed by atoms with van der Waals surface area (Å²) in [6, 6.07) is 0.413. The summed E-state index contributed by atoms with van der Waals surface area (Å²) in [6.07, 6.45) is 10.8. The zero-order valence-electron chi connectivity index (χ0n) is 15.9. The molecule has 0 bridgehead atoms. The Hall–Kier alpha value is -1.12. The first-order valence-electron chi connectivity index (χ1n) is 10.4. The van der Waals surface area contributed by atoms with Gasteiger partial charge in [0.25, 0.3) is 0 Å². The van der Waals surface area contributed by atoms with E-state index in [9.17, 15) is 9.59 Å². The Kier molecular flexibility index (Phi) is 3.21. The van der Waals surface area contributed by atoms with Crippen LogP contribution in [0.4, 0.5) is 0 Å². The van der Waals surface area contributed by atoms with Gasteiger partial charge in [-0.1, -0.05) is 12.5 Å². The molecule has 7 atom stereocenters. The molecular weight excluding hydrogens is 310 g/mol. The molecule has 4 fully saturated rings. The summed E-state index contributed by atoms with van der Waals surface area (Å²) < 4.78 is 0. The fourth-order valence-electron chi connectivity index (χ4n) is 8.16. The van der Waals surface area contributed by atoms with Crippen molar-refractivity contribution in [2.45, 2.75) is 71.3 Å². The van der Waals surface area contributed by atoms with E-state index in [-0.39, 0.29) is 10.8 Å². The van der Waals surface area contributed by atoms with Gasteiger partial charge >= 0.3 is 0 Å². The van der Waals surface area contributed by atoms with E-state index in [0.29, 0.717) is 41.4 Å². The van der Waals surface area contributed by atoms with Crippen LogP contribution in [0, 0.1) is 34.5 Å². The fourth-order valence-corrected chi connectivity index (χ4v) is 8.16. The number of allylic oxidation sites excluding steroid dienone is 1. The first-order chi connectivity index (χ1) is 11.9. The molecule has 3 nitrogen and oxygen atoms in total. The van der Waals surface area contributed by atoms with Crippen molar-refractivity contribution in [2.75, 3.05) is 7.05 Å². The van der Waals surface area contributed by atoms with E-state index in [1.165, 1.54) is 31.3 Å². The number of fused-ring (bicyclic) bond motifs is 4. The van der Waals surface area contributed by atoms with Crippen molar-refractivity contribution in [3.8, 4) is 0 Å². The van der Waals surface area contributed by atoms with Crippen LogP contribution in [-0.4, -0.2) is 29.7 Å². The fraction of sp³-hybridized carbons (Fsp3) is 0.818. The van der Waals surface area contributed by atoms with Crippen molar-refractivity contribution in [3.05, 3.63) is 11.6 Å². The Morgan fingerprint density at radius 1 is 1.00 bits per heavy atom. The van der Waals surface area contributed by atoms with Crippen molar-refractivity contribution in [1.82, 2.24) is 4.90 Å². The number of ketones is 1. The van der Waals surface area contributed by atoms with Crippen LogP contribution in [0.5, 0.6) is 0 Å². The van der Waals surface area contributed by atoms with Gasteiger partial charge in [0.2, 0.25) is 5.91 Å². The molecule has 5 aliphatic rings. The predicted molar refractivity (Wildman–Crippen MR) is 96.8 cm³/mol. The average Bonchev–Trinajstić information content (AvgIpc) is 3.07. The van der Waals surface area contributed by atoms with Crippen molar-refractivity contribution in [2.24, 2.45) is 34.5 Å². The molecule has 25 heavy (non-hydrogen) atoms.